The molecule has 0 unspecified atom stereocenters. The van der Waals surface area contributed by atoms with Gasteiger partial charge in [-0.1, -0.05) is 29.8 Å². The second-order valence-electron chi connectivity index (χ2n) is 7.29. The van der Waals surface area contributed by atoms with Gasteiger partial charge in [0, 0.05) is 16.6 Å². The number of hydrogen-bond acceptors (Lipinski definition) is 6. The molecule has 1 aliphatic rings. The number of ether oxygens (including phenoxy) is 2. The van der Waals surface area contributed by atoms with Crippen LogP contribution in [-0.4, -0.2) is 41.3 Å². The summed E-state index contributed by atoms with van der Waals surface area (Å²) >= 11 is 4.73. The Morgan fingerprint density at radius 2 is 1.97 bits per heavy atom. The average Bonchev–Trinajstić information content (AvgIpc) is 3.00. The van der Waals surface area contributed by atoms with Gasteiger partial charge in [-0.3, -0.25) is 9.69 Å². The molecule has 0 radical (unpaired) electrons. The summed E-state index contributed by atoms with van der Waals surface area (Å²) in [6.45, 7) is 6.93. The molecule has 1 amide bonds. The minimum atomic E-state index is -0.136. The molecule has 164 valence electrons. The first-order valence-electron chi connectivity index (χ1n) is 9.91. The number of aromatic hydroxyl groups is 1. The molecule has 0 aromatic heterocycles. The van der Waals surface area contributed by atoms with Gasteiger partial charge in [-0.05, 0) is 67.1 Å². The summed E-state index contributed by atoms with van der Waals surface area (Å²) in [5.74, 6) is 1.25. The van der Waals surface area contributed by atoms with E-state index in [1.807, 2.05) is 31.2 Å². The summed E-state index contributed by atoms with van der Waals surface area (Å²) < 4.78 is 11.4. The van der Waals surface area contributed by atoms with E-state index in [1.165, 1.54) is 11.8 Å². The Hall–Kier alpha value is -2.45. The van der Waals surface area contributed by atoms with Gasteiger partial charge >= 0.3 is 0 Å². The van der Waals surface area contributed by atoms with E-state index in [1.54, 1.807) is 30.2 Å². The second-order valence-corrected chi connectivity index (χ2v) is 9.21. The van der Waals surface area contributed by atoms with Crippen molar-refractivity contribution in [1.82, 2.24) is 4.90 Å². The topological polar surface area (TPSA) is 71.4 Å². The van der Waals surface area contributed by atoms with Crippen LogP contribution in [0.25, 0.3) is 6.08 Å². The van der Waals surface area contributed by atoms with E-state index in [-0.39, 0.29) is 17.6 Å². The maximum absolute atomic E-state index is 13.2. The summed E-state index contributed by atoms with van der Waals surface area (Å²) in [6, 6.07) is 10.8. The maximum atomic E-state index is 13.2. The van der Waals surface area contributed by atoms with Crippen LogP contribution in [0, 0.1) is 5.92 Å². The summed E-state index contributed by atoms with van der Waals surface area (Å²) in [5.41, 5.74) is 1.24. The molecule has 6 nitrogen and oxygen atoms in total. The Labute approximate surface area is 195 Å². The number of amides is 1. The molecule has 0 bridgehead atoms. The molecular formula is C23H25BrN2O4S. The van der Waals surface area contributed by atoms with Crippen LogP contribution < -0.4 is 9.47 Å². The number of hydrogen-bond donors (Lipinski definition) is 1. The van der Waals surface area contributed by atoms with Gasteiger partial charge in [0.25, 0.3) is 5.91 Å². The monoisotopic (exact) mass is 504 g/mol. The van der Waals surface area contributed by atoms with Gasteiger partial charge in [-0.25, -0.2) is 4.99 Å². The van der Waals surface area contributed by atoms with Crippen molar-refractivity contribution in [2.75, 3.05) is 20.3 Å². The fourth-order valence-electron chi connectivity index (χ4n) is 3.00. The largest absolute Gasteiger partial charge is 0.504 e. The third kappa shape index (κ3) is 5.62. The number of benzene rings is 2. The lowest BCUT2D eigenvalue weighted by molar-refractivity contribution is -0.122. The first-order chi connectivity index (χ1) is 14.8. The standard InChI is InChI=1S/C23H25BrN2O4S/c1-5-30-19-12-16(24)10-15(21(19)27)11-20-22(28)26(13-14(2)3)23(31-20)25-17-6-8-18(29-4)9-7-17/h6-12,14,27H,5,13H2,1-4H3/b20-11+,25-23?. The van der Waals surface area contributed by atoms with Gasteiger partial charge in [-0.15, -0.1) is 0 Å². The molecule has 1 fully saturated rings. The maximum Gasteiger partial charge on any atom is 0.266 e. The van der Waals surface area contributed by atoms with Gasteiger partial charge < -0.3 is 14.6 Å². The quantitative estimate of drug-likeness (QED) is 0.480. The predicted molar refractivity (Wildman–Crippen MR) is 129 cm³/mol. The van der Waals surface area contributed by atoms with Crippen LogP contribution in [-0.2, 0) is 4.79 Å². The van der Waals surface area contributed by atoms with Gasteiger partial charge in [-0.2, -0.15) is 0 Å². The van der Waals surface area contributed by atoms with E-state index in [2.05, 4.69) is 34.8 Å². The third-order valence-corrected chi connectivity index (χ3v) is 5.85. The van der Waals surface area contributed by atoms with E-state index in [9.17, 15) is 9.90 Å². The van der Waals surface area contributed by atoms with Gasteiger partial charge in [0.15, 0.2) is 16.7 Å². The van der Waals surface area contributed by atoms with Gasteiger partial charge in [0.1, 0.15) is 5.75 Å². The zero-order valence-electron chi connectivity index (χ0n) is 17.9. The van der Waals surface area contributed by atoms with Crippen molar-refractivity contribution in [2.24, 2.45) is 10.9 Å². The number of halogens is 1. The number of carbonyl (C=O) groups is 1. The Bertz CT molecular complexity index is 1020. The number of nitrogens with zero attached hydrogens (tertiary/aromatic N) is 2. The highest BCUT2D eigenvalue weighted by Gasteiger charge is 2.34. The number of carbonyl (C=O) groups excluding carboxylic acids is 1. The molecule has 0 saturated carbocycles. The lowest BCUT2D eigenvalue weighted by Crippen LogP contribution is -2.32. The molecule has 3 rings (SSSR count). The first kappa shape index (κ1) is 23.2. The summed E-state index contributed by atoms with van der Waals surface area (Å²) in [4.78, 5) is 20.0. The average molecular weight is 505 g/mol. The minimum absolute atomic E-state index is 0.00176. The molecule has 1 heterocycles. The number of methoxy groups -OCH3 is 1. The van der Waals surface area contributed by atoms with Gasteiger partial charge in [0.2, 0.25) is 0 Å². The van der Waals surface area contributed by atoms with Crippen LogP contribution in [0.2, 0.25) is 0 Å². The normalized spacial score (nSPS) is 16.6. The van der Waals surface area contributed by atoms with Crippen LogP contribution in [0.3, 0.4) is 0 Å². The van der Waals surface area contributed by atoms with Crippen molar-refractivity contribution in [2.45, 2.75) is 20.8 Å². The third-order valence-electron chi connectivity index (χ3n) is 4.39. The Morgan fingerprint density at radius 1 is 1.26 bits per heavy atom. The fourth-order valence-corrected chi connectivity index (χ4v) is 4.45. The van der Waals surface area contributed by atoms with Crippen molar-refractivity contribution in [3.8, 4) is 17.2 Å². The highest BCUT2D eigenvalue weighted by Crippen LogP contribution is 2.39. The van der Waals surface area contributed by atoms with Crippen LogP contribution >= 0.6 is 27.7 Å². The molecule has 2 aromatic carbocycles. The highest BCUT2D eigenvalue weighted by molar-refractivity contribution is 9.10. The number of aliphatic imine (C=N–C) groups is 1. The molecule has 1 aliphatic heterocycles. The SMILES string of the molecule is CCOc1cc(Br)cc(/C=C2/SC(=Nc3ccc(OC)cc3)N(CC(C)C)C2=O)c1O. The summed E-state index contributed by atoms with van der Waals surface area (Å²) in [5, 5.41) is 11.2. The number of amidine groups is 1. The molecule has 8 heteroatoms. The number of thioether (sulfide) groups is 1. The molecule has 2 aromatic rings. The fraction of sp³-hybridized carbons (Fsp3) is 0.304. The van der Waals surface area contributed by atoms with Crippen molar-refractivity contribution >= 4 is 50.5 Å². The Balaban J connectivity index is 1.99. The molecule has 1 saturated heterocycles. The second kappa shape index (κ2) is 10.2. The van der Waals surface area contributed by atoms with E-state index >= 15 is 0 Å². The molecule has 1 N–H and O–H groups in total. The van der Waals surface area contributed by atoms with Crippen LogP contribution in [0.1, 0.15) is 26.3 Å². The van der Waals surface area contributed by atoms with Crippen molar-refractivity contribution in [1.29, 1.82) is 0 Å². The zero-order chi connectivity index (χ0) is 22.5. The molecule has 31 heavy (non-hydrogen) atoms. The van der Waals surface area contributed by atoms with Crippen LogP contribution in [0.4, 0.5) is 5.69 Å². The number of phenolic OH excluding ortho intramolecular Hbond substituents is 1. The van der Waals surface area contributed by atoms with Crippen molar-refractivity contribution in [3.05, 3.63) is 51.3 Å². The van der Waals surface area contributed by atoms with Crippen molar-refractivity contribution in [3.63, 3.8) is 0 Å². The molecular weight excluding hydrogens is 480 g/mol. The zero-order valence-corrected chi connectivity index (χ0v) is 20.3. The number of rotatable bonds is 7. The first-order valence-corrected chi connectivity index (χ1v) is 11.5. The van der Waals surface area contributed by atoms with E-state index in [4.69, 9.17) is 9.47 Å². The number of phenols is 1. The van der Waals surface area contributed by atoms with Crippen LogP contribution in [0.5, 0.6) is 17.2 Å². The van der Waals surface area contributed by atoms with Crippen molar-refractivity contribution < 1.29 is 19.4 Å². The molecule has 0 spiro atoms. The smallest absolute Gasteiger partial charge is 0.266 e. The highest BCUT2D eigenvalue weighted by atomic mass is 79.9. The van der Waals surface area contributed by atoms with Gasteiger partial charge in [0.05, 0.1) is 24.3 Å². The molecule has 0 atom stereocenters. The Morgan fingerprint density at radius 3 is 2.58 bits per heavy atom. The van der Waals surface area contributed by atoms with E-state index < -0.39 is 0 Å². The van der Waals surface area contributed by atoms with E-state index in [0.717, 1.165) is 15.9 Å². The Kier molecular flexibility index (Phi) is 7.67. The molecule has 0 aliphatic carbocycles. The van der Waals surface area contributed by atoms with E-state index in [0.29, 0.717) is 34.5 Å². The minimum Gasteiger partial charge on any atom is -0.504 e. The lowest BCUT2D eigenvalue weighted by Gasteiger charge is -2.17. The summed E-state index contributed by atoms with van der Waals surface area (Å²) in [6.07, 6.45) is 1.68. The summed E-state index contributed by atoms with van der Waals surface area (Å²) in [7, 11) is 1.61. The predicted octanol–water partition coefficient (Wildman–Crippen LogP) is 5.82. The lowest BCUT2D eigenvalue weighted by atomic mass is 10.1. The van der Waals surface area contributed by atoms with Crippen LogP contribution in [0.15, 0.2) is 50.8 Å².